The number of carbonyl (C=O) groups is 4. The number of hydrogen-bond donors (Lipinski definition) is 1. The molecule has 1 N–H and O–H groups in total. The fourth-order valence-electron chi connectivity index (χ4n) is 2.41. The molecule has 0 aromatic rings. The minimum absolute atomic E-state index is 0.0713. The quantitative estimate of drug-likeness (QED) is 0.298. The molecule has 2 rings (SSSR count). The van der Waals surface area contributed by atoms with Crippen LogP contribution in [0.1, 0.15) is 20.8 Å². The molecule has 2 atom stereocenters. The fourth-order valence-corrected chi connectivity index (χ4v) is 3.85. The van der Waals surface area contributed by atoms with Crippen molar-refractivity contribution in [1.82, 2.24) is 10.2 Å². The highest BCUT2D eigenvalue weighted by Gasteiger charge is 2.55. The number of amides is 2. The summed E-state index contributed by atoms with van der Waals surface area (Å²) in [4.78, 5) is 49.0. The van der Waals surface area contributed by atoms with Crippen molar-refractivity contribution in [2.75, 3.05) is 6.61 Å². The molecule has 0 saturated carbocycles. The van der Waals surface area contributed by atoms with Gasteiger partial charge in [-0.1, -0.05) is 46.6 Å². The number of halogens is 3. The molecule has 12 heteroatoms. The average Bonchev–Trinajstić information content (AvgIpc) is 2.55. The molecular weight excluding hydrogens is 443 g/mol. The van der Waals surface area contributed by atoms with Crippen molar-refractivity contribution in [2.24, 2.45) is 0 Å². The average molecular weight is 458 g/mol. The van der Waals surface area contributed by atoms with Crippen LogP contribution >= 0.6 is 46.6 Å². The highest BCUT2D eigenvalue weighted by molar-refractivity contribution is 8.04. The molecular formula is C15H15Cl3N2O6S. The Labute approximate surface area is 174 Å². The number of alkyl halides is 3. The zero-order valence-electron chi connectivity index (χ0n) is 14.4. The van der Waals surface area contributed by atoms with Gasteiger partial charge in [0, 0.05) is 18.8 Å². The van der Waals surface area contributed by atoms with Crippen molar-refractivity contribution in [2.45, 2.75) is 36.0 Å². The number of nitrogens with zero attached hydrogens (tertiary/aromatic N) is 1. The van der Waals surface area contributed by atoms with Gasteiger partial charge >= 0.3 is 11.9 Å². The van der Waals surface area contributed by atoms with E-state index in [2.05, 4.69) is 5.32 Å². The molecule has 27 heavy (non-hydrogen) atoms. The van der Waals surface area contributed by atoms with Crippen LogP contribution in [0.4, 0.5) is 0 Å². The summed E-state index contributed by atoms with van der Waals surface area (Å²) < 4.78 is 8.05. The van der Waals surface area contributed by atoms with Gasteiger partial charge in [0.15, 0.2) is 0 Å². The molecule has 2 aliphatic heterocycles. The fraction of sp³-hybridized carbons (Fsp3) is 0.467. The normalized spacial score (nSPS) is 23.6. The summed E-state index contributed by atoms with van der Waals surface area (Å²) in [6.45, 7) is 3.53. The van der Waals surface area contributed by atoms with Crippen molar-refractivity contribution in [1.29, 1.82) is 0 Å². The van der Waals surface area contributed by atoms with Crippen LogP contribution in [-0.4, -0.2) is 50.5 Å². The Morgan fingerprint density at radius 1 is 1.30 bits per heavy atom. The van der Waals surface area contributed by atoms with Gasteiger partial charge in [-0.3, -0.25) is 19.3 Å². The number of rotatable bonds is 4. The molecule has 0 aliphatic carbocycles. The molecule has 0 bridgehead atoms. The lowest BCUT2D eigenvalue weighted by atomic mass is 10.0. The van der Waals surface area contributed by atoms with Crippen LogP contribution in [0.2, 0.25) is 0 Å². The first kappa shape index (κ1) is 21.9. The van der Waals surface area contributed by atoms with E-state index in [0.717, 1.165) is 11.8 Å². The van der Waals surface area contributed by atoms with Gasteiger partial charge in [0.05, 0.1) is 0 Å². The van der Waals surface area contributed by atoms with E-state index in [9.17, 15) is 19.2 Å². The summed E-state index contributed by atoms with van der Waals surface area (Å²) >= 11 is 17.9. The zero-order valence-corrected chi connectivity index (χ0v) is 17.5. The first-order valence-corrected chi connectivity index (χ1v) is 9.53. The van der Waals surface area contributed by atoms with Crippen molar-refractivity contribution in [3.8, 4) is 0 Å². The number of hydrogen-bond acceptors (Lipinski definition) is 7. The molecule has 148 valence electrons. The molecule has 0 spiro atoms. The molecule has 0 aromatic carbocycles. The lowest BCUT2D eigenvalue weighted by Gasteiger charge is -2.49. The Morgan fingerprint density at radius 3 is 2.44 bits per heavy atom. The van der Waals surface area contributed by atoms with Crippen molar-refractivity contribution < 1.29 is 28.7 Å². The second-order valence-electron chi connectivity index (χ2n) is 5.65. The SMILES string of the molecule is CC(=O)NC1C(=O)N2C(C(=O)OCC(Cl)(Cl)Cl)=C(C)C(=COC(C)=O)S[C@@H]12. The van der Waals surface area contributed by atoms with E-state index in [1.165, 1.54) is 25.0 Å². The van der Waals surface area contributed by atoms with Gasteiger partial charge < -0.3 is 14.8 Å². The van der Waals surface area contributed by atoms with Crippen LogP contribution < -0.4 is 5.32 Å². The topological polar surface area (TPSA) is 102 Å². The van der Waals surface area contributed by atoms with E-state index in [4.69, 9.17) is 44.3 Å². The maximum Gasteiger partial charge on any atom is 0.355 e. The van der Waals surface area contributed by atoms with E-state index in [1.807, 2.05) is 0 Å². The summed E-state index contributed by atoms with van der Waals surface area (Å²) in [5, 5.41) is 1.91. The number of carbonyl (C=O) groups excluding carboxylic acids is 4. The minimum Gasteiger partial charge on any atom is -0.456 e. The van der Waals surface area contributed by atoms with Crippen molar-refractivity contribution in [3.63, 3.8) is 0 Å². The Bertz CT molecular complexity index is 761. The molecule has 2 heterocycles. The number of nitrogens with one attached hydrogen (secondary N) is 1. The maximum absolute atomic E-state index is 12.5. The van der Waals surface area contributed by atoms with E-state index in [-0.39, 0.29) is 5.70 Å². The van der Waals surface area contributed by atoms with Crippen molar-refractivity contribution in [3.05, 3.63) is 22.4 Å². The largest absolute Gasteiger partial charge is 0.456 e. The van der Waals surface area contributed by atoms with Crippen LogP contribution in [0, 0.1) is 0 Å². The molecule has 1 fully saturated rings. The Kier molecular flexibility index (Phi) is 6.72. The lowest BCUT2D eigenvalue weighted by molar-refractivity contribution is -0.152. The number of fused-ring (bicyclic) bond motifs is 1. The van der Waals surface area contributed by atoms with E-state index in [0.29, 0.717) is 10.5 Å². The Balaban J connectivity index is 2.36. The van der Waals surface area contributed by atoms with Gasteiger partial charge in [0.25, 0.3) is 5.91 Å². The molecule has 2 aliphatic rings. The third kappa shape index (κ3) is 5.10. The third-order valence-electron chi connectivity index (χ3n) is 3.51. The minimum atomic E-state index is -1.82. The van der Waals surface area contributed by atoms with Gasteiger partial charge in [-0.2, -0.15) is 0 Å². The van der Waals surface area contributed by atoms with E-state index < -0.39 is 45.6 Å². The number of allylic oxidation sites excluding steroid dienone is 1. The first-order chi connectivity index (χ1) is 12.4. The summed E-state index contributed by atoms with van der Waals surface area (Å²) in [6, 6.07) is -0.836. The lowest BCUT2D eigenvalue weighted by Crippen LogP contribution is -2.70. The van der Waals surface area contributed by atoms with Gasteiger partial charge in [-0.05, 0) is 12.5 Å². The standard InChI is InChI=1S/C15H15Cl3N2O6S/c1-6-9(4-25-8(3)22)27-13-10(19-7(2)21)12(23)20(13)11(6)14(24)26-5-15(16,17)18/h4,10,13H,5H2,1-3H3,(H,19,21)/t10?,13-/m0/s1. The predicted molar refractivity (Wildman–Crippen MR) is 99.6 cm³/mol. The van der Waals surface area contributed by atoms with Crippen LogP contribution in [0.3, 0.4) is 0 Å². The van der Waals surface area contributed by atoms with E-state index in [1.54, 1.807) is 6.92 Å². The summed E-state index contributed by atoms with van der Waals surface area (Å²) in [7, 11) is 0. The Hall–Kier alpha value is -1.42. The second kappa shape index (κ2) is 8.30. The van der Waals surface area contributed by atoms with Gasteiger partial charge in [0.1, 0.15) is 30.0 Å². The third-order valence-corrected chi connectivity index (χ3v) is 5.22. The number of esters is 2. The summed E-state index contributed by atoms with van der Waals surface area (Å²) in [5.41, 5.74) is 0.277. The maximum atomic E-state index is 12.5. The molecule has 0 radical (unpaired) electrons. The van der Waals surface area contributed by atoms with Gasteiger partial charge in [0.2, 0.25) is 9.70 Å². The monoisotopic (exact) mass is 456 g/mol. The first-order valence-electron chi connectivity index (χ1n) is 7.51. The molecule has 2 amide bonds. The highest BCUT2D eigenvalue weighted by atomic mass is 35.6. The van der Waals surface area contributed by atoms with Crippen LogP contribution in [0.25, 0.3) is 0 Å². The number of thioether (sulfide) groups is 1. The Morgan fingerprint density at radius 2 is 1.93 bits per heavy atom. The molecule has 0 aromatic heterocycles. The zero-order chi connectivity index (χ0) is 20.5. The van der Waals surface area contributed by atoms with Crippen LogP contribution in [0.15, 0.2) is 22.4 Å². The van der Waals surface area contributed by atoms with Crippen LogP contribution in [-0.2, 0) is 28.7 Å². The van der Waals surface area contributed by atoms with Gasteiger partial charge in [-0.25, -0.2) is 4.79 Å². The summed E-state index contributed by atoms with van der Waals surface area (Å²) in [5.74, 6) is -2.31. The number of ether oxygens (including phenoxy) is 2. The smallest absolute Gasteiger partial charge is 0.355 e. The van der Waals surface area contributed by atoms with E-state index >= 15 is 0 Å². The van der Waals surface area contributed by atoms with Crippen LogP contribution in [0.5, 0.6) is 0 Å². The molecule has 8 nitrogen and oxygen atoms in total. The predicted octanol–water partition coefficient (Wildman–Crippen LogP) is 2.00. The van der Waals surface area contributed by atoms with Gasteiger partial charge in [-0.15, -0.1) is 0 Å². The molecule has 1 unspecified atom stereocenters. The summed E-state index contributed by atoms with van der Waals surface area (Å²) in [6.07, 6.45) is 1.18. The highest BCUT2D eigenvalue weighted by Crippen LogP contribution is 2.46. The second-order valence-corrected chi connectivity index (χ2v) is 9.33. The van der Waals surface area contributed by atoms with Crippen molar-refractivity contribution >= 4 is 70.3 Å². The number of β-lactam (4-membered cyclic amide) rings is 1. The molecule has 1 saturated heterocycles.